The molecule has 1 atom stereocenters. The zero-order valence-corrected chi connectivity index (χ0v) is 14.7. The highest BCUT2D eigenvalue weighted by atomic mass is 16.2. The van der Waals surface area contributed by atoms with Gasteiger partial charge in [-0.1, -0.05) is 6.92 Å². The van der Waals surface area contributed by atoms with E-state index in [1.165, 1.54) is 0 Å². The first-order valence-corrected chi connectivity index (χ1v) is 8.32. The minimum atomic E-state index is 0.00228. The van der Waals surface area contributed by atoms with Crippen LogP contribution in [0.2, 0.25) is 0 Å². The second kappa shape index (κ2) is 6.68. The molecule has 0 aliphatic carbocycles. The Bertz CT molecular complexity index is 740. The summed E-state index contributed by atoms with van der Waals surface area (Å²) in [5.41, 5.74) is 1.32. The summed E-state index contributed by atoms with van der Waals surface area (Å²) in [4.78, 5) is 30.2. The van der Waals surface area contributed by atoms with Gasteiger partial charge in [0.1, 0.15) is 11.6 Å². The average Bonchev–Trinajstić information content (AvgIpc) is 2.99. The van der Waals surface area contributed by atoms with E-state index < -0.39 is 0 Å². The van der Waals surface area contributed by atoms with E-state index in [0.29, 0.717) is 24.5 Å². The van der Waals surface area contributed by atoms with E-state index >= 15 is 0 Å². The van der Waals surface area contributed by atoms with Crippen LogP contribution in [0.5, 0.6) is 0 Å². The first kappa shape index (κ1) is 16.6. The average molecular weight is 328 g/mol. The van der Waals surface area contributed by atoms with Gasteiger partial charge in [-0.25, -0.2) is 15.0 Å². The van der Waals surface area contributed by atoms with Crippen molar-refractivity contribution in [3.05, 3.63) is 41.5 Å². The monoisotopic (exact) mass is 328 g/mol. The van der Waals surface area contributed by atoms with Gasteiger partial charge in [0, 0.05) is 45.3 Å². The van der Waals surface area contributed by atoms with Crippen LogP contribution in [0.3, 0.4) is 0 Å². The van der Waals surface area contributed by atoms with Crippen molar-refractivity contribution in [1.29, 1.82) is 0 Å². The third-order valence-corrected chi connectivity index (χ3v) is 4.67. The molecule has 0 bridgehead atoms. The van der Waals surface area contributed by atoms with E-state index in [-0.39, 0.29) is 11.9 Å². The second-order valence-corrected chi connectivity index (χ2v) is 6.21. The molecule has 1 aliphatic rings. The van der Waals surface area contributed by atoms with Crippen LogP contribution in [0.25, 0.3) is 0 Å². The summed E-state index contributed by atoms with van der Waals surface area (Å²) in [5.74, 6) is 1.68. The van der Waals surface area contributed by atoms with Crippen LogP contribution in [0.15, 0.2) is 18.6 Å². The molecule has 0 spiro atoms. The maximum Gasteiger partial charge on any atom is 0.257 e. The smallest absolute Gasteiger partial charge is 0.257 e. The van der Waals surface area contributed by atoms with Crippen LogP contribution in [-0.2, 0) is 7.05 Å². The van der Waals surface area contributed by atoms with Crippen molar-refractivity contribution in [2.45, 2.75) is 26.8 Å². The lowest BCUT2D eigenvalue weighted by Crippen LogP contribution is -2.51. The van der Waals surface area contributed by atoms with Crippen molar-refractivity contribution in [3.8, 4) is 0 Å². The molecule has 3 heterocycles. The Morgan fingerprint density at radius 2 is 2.08 bits per heavy atom. The number of piperazine rings is 1. The predicted molar refractivity (Wildman–Crippen MR) is 90.6 cm³/mol. The minimum Gasteiger partial charge on any atom is -0.337 e. The van der Waals surface area contributed by atoms with Crippen molar-refractivity contribution in [2.75, 3.05) is 26.2 Å². The summed E-state index contributed by atoms with van der Waals surface area (Å²) in [6.07, 6.45) is 5.39. The van der Waals surface area contributed by atoms with E-state index in [0.717, 1.165) is 24.6 Å². The van der Waals surface area contributed by atoms with Crippen molar-refractivity contribution >= 4 is 5.91 Å². The van der Waals surface area contributed by atoms with Gasteiger partial charge in [0.15, 0.2) is 0 Å². The number of rotatable bonds is 3. The molecule has 7 heteroatoms. The van der Waals surface area contributed by atoms with Gasteiger partial charge in [-0.3, -0.25) is 9.69 Å². The molecule has 128 valence electrons. The first-order chi connectivity index (χ1) is 11.5. The molecule has 1 fully saturated rings. The number of carbonyl (C=O) groups is 1. The summed E-state index contributed by atoms with van der Waals surface area (Å²) < 4.78 is 2.03. The van der Waals surface area contributed by atoms with Gasteiger partial charge in [0.05, 0.1) is 17.3 Å². The molecule has 2 aromatic heterocycles. The Morgan fingerprint density at radius 1 is 1.29 bits per heavy atom. The Hall–Kier alpha value is -2.28. The van der Waals surface area contributed by atoms with E-state index in [1.54, 1.807) is 6.20 Å². The van der Waals surface area contributed by atoms with Crippen LogP contribution in [0, 0.1) is 13.8 Å². The molecular weight excluding hydrogens is 304 g/mol. The maximum atomic E-state index is 12.9. The first-order valence-electron chi connectivity index (χ1n) is 8.32. The zero-order valence-electron chi connectivity index (χ0n) is 14.7. The molecule has 2 aromatic rings. The van der Waals surface area contributed by atoms with Crippen LogP contribution in [0.1, 0.15) is 40.7 Å². The molecule has 1 amide bonds. The molecule has 0 N–H and O–H groups in total. The number of imidazole rings is 1. The van der Waals surface area contributed by atoms with Crippen molar-refractivity contribution in [1.82, 2.24) is 29.3 Å². The fourth-order valence-corrected chi connectivity index (χ4v) is 3.29. The van der Waals surface area contributed by atoms with Crippen molar-refractivity contribution in [2.24, 2.45) is 7.05 Å². The third kappa shape index (κ3) is 3.03. The summed E-state index contributed by atoms with van der Waals surface area (Å²) in [7, 11) is 1.99. The molecule has 3 rings (SSSR count). The summed E-state index contributed by atoms with van der Waals surface area (Å²) >= 11 is 0. The highest BCUT2D eigenvalue weighted by molar-refractivity contribution is 5.95. The Labute approximate surface area is 142 Å². The molecular formula is C17H24N6O. The van der Waals surface area contributed by atoms with Gasteiger partial charge < -0.3 is 9.47 Å². The maximum absolute atomic E-state index is 12.9. The van der Waals surface area contributed by atoms with Gasteiger partial charge in [-0.05, 0) is 20.4 Å². The molecule has 0 saturated carbocycles. The number of hydrogen-bond donors (Lipinski definition) is 0. The summed E-state index contributed by atoms with van der Waals surface area (Å²) in [6.45, 7) is 8.95. The number of aromatic nitrogens is 4. The number of likely N-dealkylation sites (N-methyl/N-ethyl adjacent to an activating group) is 1. The minimum absolute atomic E-state index is 0.00228. The number of aryl methyl sites for hydroxylation is 3. The quantitative estimate of drug-likeness (QED) is 0.851. The fourth-order valence-electron chi connectivity index (χ4n) is 3.29. The van der Waals surface area contributed by atoms with E-state index in [9.17, 15) is 4.79 Å². The number of amides is 1. The molecule has 24 heavy (non-hydrogen) atoms. The molecule has 1 unspecified atom stereocenters. The molecule has 0 radical (unpaired) electrons. The lowest BCUT2D eigenvalue weighted by molar-refractivity contribution is 0.0471. The molecule has 1 saturated heterocycles. The zero-order chi connectivity index (χ0) is 17.3. The van der Waals surface area contributed by atoms with Gasteiger partial charge >= 0.3 is 0 Å². The van der Waals surface area contributed by atoms with E-state index in [4.69, 9.17) is 0 Å². The highest BCUT2D eigenvalue weighted by Crippen LogP contribution is 2.25. The van der Waals surface area contributed by atoms with Crippen molar-refractivity contribution in [3.63, 3.8) is 0 Å². The van der Waals surface area contributed by atoms with E-state index in [2.05, 4.69) is 26.8 Å². The number of hydrogen-bond acceptors (Lipinski definition) is 5. The van der Waals surface area contributed by atoms with E-state index in [1.807, 2.05) is 42.8 Å². The Balaban J connectivity index is 1.85. The van der Waals surface area contributed by atoms with Crippen LogP contribution < -0.4 is 0 Å². The molecule has 1 aliphatic heterocycles. The van der Waals surface area contributed by atoms with Crippen LogP contribution in [0.4, 0.5) is 0 Å². The lowest BCUT2D eigenvalue weighted by Gasteiger charge is -2.40. The molecule has 7 nitrogen and oxygen atoms in total. The normalized spacial score (nSPS) is 18.8. The summed E-state index contributed by atoms with van der Waals surface area (Å²) in [5, 5.41) is 0. The second-order valence-electron chi connectivity index (χ2n) is 6.21. The topological polar surface area (TPSA) is 67.2 Å². The standard InChI is InChI=1S/C17H24N6O/c1-5-22-8-9-23(11-15(22)16-18-6-7-21(16)4)17(24)14-10-19-13(3)20-12(14)2/h6-7,10,15H,5,8-9,11H2,1-4H3. The summed E-state index contributed by atoms with van der Waals surface area (Å²) in [6, 6.07) is 0.111. The van der Waals surface area contributed by atoms with Crippen LogP contribution >= 0.6 is 0 Å². The number of nitrogens with zero attached hydrogens (tertiary/aromatic N) is 6. The van der Waals surface area contributed by atoms with Gasteiger partial charge in [0.2, 0.25) is 0 Å². The predicted octanol–water partition coefficient (Wildman–Crippen LogP) is 1.35. The van der Waals surface area contributed by atoms with Gasteiger partial charge in [-0.2, -0.15) is 0 Å². The fraction of sp³-hybridized carbons (Fsp3) is 0.529. The lowest BCUT2D eigenvalue weighted by atomic mass is 10.1. The highest BCUT2D eigenvalue weighted by Gasteiger charge is 2.32. The van der Waals surface area contributed by atoms with Crippen molar-refractivity contribution < 1.29 is 4.79 Å². The SMILES string of the molecule is CCN1CCN(C(=O)c2cnc(C)nc2C)CC1c1nccn1C. The third-order valence-electron chi connectivity index (χ3n) is 4.67. The largest absolute Gasteiger partial charge is 0.337 e. The Morgan fingerprint density at radius 3 is 2.71 bits per heavy atom. The Kier molecular flexibility index (Phi) is 4.62. The van der Waals surface area contributed by atoms with Gasteiger partial charge in [-0.15, -0.1) is 0 Å². The molecule has 0 aromatic carbocycles. The van der Waals surface area contributed by atoms with Gasteiger partial charge in [0.25, 0.3) is 5.91 Å². The number of carbonyl (C=O) groups excluding carboxylic acids is 1. The van der Waals surface area contributed by atoms with Crippen LogP contribution in [-0.4, -0.2) is 61.4 Å².